The monoisotopic (exact) mass is 451 g/mol. The highest BCUT2D eigenvalue weighted by Gasteiger charge is 2.30. The average molecular weight is 452 g/mol. The summed E-state index contributed by atoms with van der Waals surface area (Å²) in [7, 11) is 1.65. The molecule has 0 spiro atoms. The average Bonchev–Trinajstić information content (AvgIpc) is 3.22. The zero-order valence-electron chi connectivity index (χ0n) is 18.9. The van der Waals surface area contributed by atoms with Gasteiger partial charge in [-0.05, 0) is 61.6 Å². The van der Waals surface area contributed by atoms with Gasteiger partial charge in [0.1, 0.15) is 5.75 Å². The number of benzene rings is 1. The second kappa shape index (κ2) is 9.73. The number of rotatable bonds is 6. The lowest BCUT2D eigenvalue weighted by molar-refractivity contribution is -0.132. The third kappa shape index (κ3) is 4.80. The smallest absolute Gasteiger partial charge is 0.235 e. The van der Waals surface area contributed by atoms with Crippen LogP contribution in [-0.2, 0) is 4.79 Å². The van der Waals surface area contributed by atoms with Crippen LogP contribution in [0.3, 0.4) is 0 Å². The molecule has 3 atom stereocenters. The second-order valence-electron chi connectivity index (χ2n) is 8.52. The molecule has 1 aliphatic rings. The maximum absolute atomic E-state index is 13.2. The van der Waals surface area contributed by atoms with E-state index in [4.69, 9.17) is 4.74 Å². The lowest BCUT2D eigenvalue weighted by Crippen LogP contribution is -2.45. The van der Waals surface area contributed by atoms with Crippen molar-refractivity contribution < 1.29 is 9.53 Å². The summed E-state index contributed by atoms with van der Waals surface area (Å²) in [6.45, 7) is 8.03. The van der Waals surface area contributed by atoms with Gasteiger partial charge in [-0.1, -0.05) is 25.6 Å². The van der Waals surface area contributed by atoms with Crippen LogP contribution >= 0.6 is 11.8 Å². The molecule has 0 aliphatic carbocycles. The van der Waals surface area contributed by atoms with E-state index < -0.39 is 0 Å². The fraction of sp³-hybridized carbons (Fsp3) is 0.417. The minimum Gasteiger partial charge on any atom is -0.497 e. The Labute approximate surface area is 193 Å². The number of thioether (sulfide) groups is 1. The predicted octanol–water partition coefficient (Wildman–Crippen LogP) is 4.32. The molecule has 168 valence electrons. The standard InChI is InChI=1S/C24H29N5O2S/c1-16-13-17(2)15-28(14-16)23(30)18(3)32-24-27-26-22(19-9-11-25-12-10-19)29(24)20-5-7-21(31-4)8-6-20/h5-12,16-18H,13-15H2,1-4H3. The van der Waals surface area contributed by atoms with Gasteiger partial charge < -0.3 is 9.64 Å². The van der Waals surface area contributed by atoms with Gasteiger partial charge in [0.2, 0.25) is 5.91 Å². The number of hydrogen-bond donors (Lipinski definition) is 0. The van der Waals surface area contributed by atoms with Crippen molar-refractivity contribution in [1.82, 2.24) is 24.6 Å². The first kappa shape index (κ1) is 22.3. The molecule has 2 aromatic heterocycles. The Hall–Kier alpha value is -2.87. The zero-order chi connectivity index (χ0) is 22.7. The third-order valence-corrected chi connectivity index (χ3v) is 6.74. The lowest BCUT2D eigenvalue weighted by Gasteiger charge is -2.36. The molecular weight excluding hydrogens is 422 g/mol. The summed E-state index contributed by atoms with van der Waals surface area (Å²) in [5.41, 5.74) is 1.82. The molecule has 3 heterocycles. The maximum atomic E-state index is 13.2. The van der Waals surface area contributed by atoms with Gasteiger partial charge in [0, 0.05) is 36.7 Å². The Morgan fingerprint density at radius 2 is 1.72 bits per heavy atom. The number of hydrogen-bond acceptors (Lipinski definition) is 6. The van der Waals surface area contributed by atoms with Crippen molar-refractivity contribution in [2.24, 2.45) is 11.8 Å². The summed E-state index contributed by atoms with van der Waals surface area (Å²) in [5, 5.41) is 9.34. The number of ether oxygens (including phenoxy) is 1. The Morgan fingerprint density at radius 3 is 2.34 bits per heavy atom. The quantitative estimate of drug-likeness (QED) is 0.520. The van der Waals surface area contributed by atoms with E-state index in [1.807, 2.05) is 52.8 Å². The molecule has 32 heavy (non-hydrogen) atoms. The molecule has 1 aromatic carbocycles. The van der Waals surface area contributed by atoms with E-state index in [2.05, 4.69) is 29.0 Å². The Bertz CT molecular complexity index is 1040. The van der Waals surface area contributed by atoms with E-state index in [9.17, 15) is 4.79 Å². The van der Waals surface area contributed by atoms with Crippen molar-refractivity contribution in [2.75, 3.05) is 20.2 Å². The number of carbonyl (C=O) groups is 1. The zero-order valence-corrected chi connectivity index (χ0v) is 19.7. The van der Waals surface area contributed by atoms with Crippen LogP contribution in [0.25, 0.3) is 17.1 Å². The van der Waals surface area contributed by atoms with E-state index in [1.54, 1.807) is 19.5 Å². The first-order valence-corrected chi connectivity index (χ1v) is 11.8. The predicted molar refractivity (Wildman–Crippen MR) is 126 cm³/mol. The molecule has 3 aromatic rings. The highest BCUT2D eigenvalue weighted by Crippen LogP contribution is 2.32. The van der Waals surface area contributed by atoms with Gasteiger partial charge in [0.15, 0.2) is 11.0 Å². The fourth-order valence-electron chi connectivity index (χ4n) is 4.31. The van der Waals surface area contributed by atoms with Crippen LogP contribution in [-0.4, -0.2) is 56.0 Å². The summed E-state index contributed by atoms with van der Waals surface area (Å²) in [6, 6.07) is 11.6. The highest BCUT2D eigenvalue weighted by molar-refractivity contribution is 8.00. The van der Waals surface area contributed by atoms with E-state index in [0.717, 1.165) is 30.1 Å². The molecule has 8 heteroatoms. The first-order chi connectivity index (χ1) is 15.5. The number of carbonyl (C=O) groups excluding carboxylic acids is 1. The van der Waals surface area contributed by atoms with Crippen molar-refractivity contribution in [3.05, 3.63) is 48.8 Å². The van der Waals surface area contributed by atoms with Gasteiger partial charge in [-0.15, -0.1) is 10.2 Å². The van der Waals surface area contributed by atoms with Crippen LogP contribution in [0.5, 0.6) is 5.75 Å². The van der Waals surface area contributed by atoms with Crippen LogP contribution in [0.4, 0.5) is 0 Å². The van der Waals surface area contributed by atoms with Crippen LogP contribution in [0.15, 0.2) is 53.9 Å². The highest BCUT2D eigenvalue weighted by atomic mass is 32.2. The molecule has 4 rings (SSSR count). The van der Waals surface area contributed by atoms with Gasteiger partial charge in [0.25, 0.3) is 0 Å². The topological polar surface area (TPSA) is 73.1 Å². The Kier molecular flexibility index (Phi) is 6.79. The van der Waals surface area contributed by atoms with E-state index in [0.29, 0.717) is 22.8 Å². The number of piperidine rings is 1. The molecule has 0 radical (unpaired) electrons. The summed E-state index contributed by atoms with van der Waals surface area (Å²) >= 11 is 1.45. The van der Waals surface area contributed by atoms with Gasteiger partial charge in [-0.25, -0.2) is 0 Å². The molecule has 1 amide bonds. The van der Waals surface area contributed by atoms with Crippen LogP contribution in [0.1, 0.15) is 27.2 Å². The Balaban J connectivity index is 1.64. The molecule has 3 unspecified atom stereocenters. The Morgan fingerprint density at radius 1 is 1.06 bits per heavy atom. The van der Waals surface area contributed by atoms with Gasteiger partial charge in [-0.3, -0.25) is 14.3 Å². The van der Waals surface area contributed by atoms with Crippen LogP contribution < -0.4 is 4.74 Å². The SMILES string of the molecule is COc1ccc(-n2c(SC(C)C(=O)N3CC(C)CC(C)C3)nnc2-c2ccncc2)cc1. The molecule has 7 nitrogen and oxygen atoms in total. The number of amides is 1. The molecule has 0 bridgehead atoms. The summed E-state index contributed by atoms with van der Waals surface area (Å²) < 4.78 is 7.30. The molecular formula is C24H29N5O2S. The summed E-state index contributed by atoms with van der Waals surface area (Å²) in [6.07, 6.45) is 4.65. The van der Waals surface area contributed by atoms with E-state index >= 15 is 0 Å². The van der Waals surface area contributed by atoms with Gasteiger partial charge in [0.05, 0.1) is 12.4 Å². The fourth-order valence-corrected chi connectivity index (χ4v) is 5.26. The minimum absolute atomic E-state index is 0.156. The lowest BCUT2D eigenvalue weighted by atomic mass is 9.92. The molecule has 0 N–H and O–H groups in total. The number of aromatic nitrogens is 4. The first-order valence-electron chi connectivity index (χ1n) is 10.9. The molecule has 0 saturated carbocycles. The van der Waals surface area contributed by atoms with E-state index in [1.165, 1.54) is 18.2 Å². The van der Waals surface area contributed by atoms with Crippen molar-refractivity contribution in [3.8, 4) is 22.8 Å². The summed E-state index contributed by atoms with van der Waals surface area (Å²) in [4.78, 5) is 19.3. The molecule has 1 fully saturated rings. The molecule has 1 aliphatic heterocycles. The number of methoxy groups -OCH3 is 1. The maximum Gasteiger partial charge on any atom is 0.235 e. The summed E-state index contributed by atoms with van der Waals surface area (Å²) in [5.74, 6) is 2.70. The second-order valence-corrected chi connectivity index (χ2v) is 9.83. The minimum atomic E-state index is -0.265. The largest absolute Gasteiger partial charge is 0.497 e. The van der Waals surface area contributed by atoms with Crippen LogP contribution in [0, 0.1) is 11.8 Å². The molecule has 1 saturated heterocycles. The van der Waals surface area contributed by atoms with Crippen molar-refractivity contribution in [2.45, 2.75) is 37.6 Å². The van der Waals surface area contributed by atoms with Crippen molar-refractivity contribution >= 4 is 17.7 Å². The van der Waals surface area contributed by atoms with Gasteiger partial charge >= 0.3 is 0 Å². The normalized spacial score (nSPS) is 19.6. The van der Waals surface area contributed by atoms with Crippen LogP contribution in [0.2, 0.25) is 0 Å². The number of nitrogens with zero attached hydrogens (tertiary/aromatic N) is 5. The number of likely N-dealkylation sites (tertiary alicyclic amines) is 1. The number of pyridine rings is 1. The van der Waals surface area contributed by atoms with Crippen molar-refractivity contribution in [3.63, 3.8) is 0 Å². The van der Waals surface area contributed by atoms with Crippen molar-refractivity contribution in [1.29, 1.82) is 0 Å². The van der Waals surface area contributed by atoms with Gasteiger partial charge in [-0.2, -0.15) is 0 Å². The van der Waals surface area contributed by atoms with E-state index in [-0.39, 0.29) is 11.2 Å². The third-order valence-electron chi connectivity index (χ3n) is 5.71.